The topological polar surface area (TPSA) is 97.2 Å². The molecule has 0 radical (unpaired) electrons. The molecule has 0 atom stereocenters. The van der Waals surface area contributed by atoms with Crippen molar-refractivity contribution in [3.05, 3.63) is 70.2 Å². The fourth-order valence-corrected chi connectivity index (χ4v) is 2.52. The first kappa shape index (κ1) is 14.9. The molecule has 2 N–H and O–H groups in total. The van der Waals surface area contributed by atoms with Crippen molar-refractivity contribution in [1.29, 1.82) is 0 Å². The first-order chi connectivity index (χ1) is 12.2. The molecule has 0 saturated heterocycles. The van der Waals surface area contributed by atoms with Crippen LogP contribution in [0.4, 0.5) is 5.69 Å². The van der Waals surface area contributed by atoms with Gasteiger partial charge in [0.15, 0.2) is 5.82 Å². The minimum atomic E-state index is -0.614. The average Bonchev–Trinajstić information content (AvgIpc) is 3.08. The minimum Gasteiger partial charge on any atom is -0.488 e. The van der Waals surface area contributed by atoms with E-state index in [-0.39, 0.29) is 12.5 Å². The number of fused-ring (bicyclic) bond motifs is 1. The van der Waals surface area contributed by atoms with Crippen molar-refractivity contribution >= 4 is 17.7 Å². The van der Waals surface area contributed by atoms with Gasteiger partial charge in [-0.05, 0) is 36.4 Å². The molecule has 4 rings (SSSR count). The Morgan fingerprint density at radius 3 is 2.68 bits per heavy atom. The van der Waals surface area contributed by atoms with Crippen molar-refractivity contribution in [3.8, 4) is 17.1 Å². The molecular formula is C18H13N3O4. The van der Waals surface area contributed by atoms with Gasteiger partial charge in [0, 0.05) is 16.8 Å². The number of hydrogen-bond donors (Lipinski definition) is 2. The summed E-state index contributed by atoms with van der Waals surface area (Å²) in [5.41, 5.74) is 2.73. The van der Waals surface area contributed by atoms with Gasteiger partial charge in [-0.1, -0.05) is 23.4 Å². The fourth-order valence-electron chi connectivity index (χ4n) is 2.52. The van der Waals surface area contributed by atoms with Gasteiger partial charge in [-0.25, -0.2) is 4.79 Å². The number of nitrogens with one attached hydrogen (secondary N) is 2. The summed E-state index contributed by atoms with van der Waals surface area (Å²) in [4.78, 5) is 25.8. The van der Waals surface area contributed by atoms with E-state index in [2.05, 4.69) is 20.0 Å². The number of ether oxygens (including phenoxy) is 1. The summed E-state index contributed by atoms with van der Waals surface area (Å²) in [5.74, 6) is 0.266. The molecule has 1 amide bonds. The molecule has 1 aromatic heterocycles. The van der Waals surface area contributed by atoms with Crippen LogP contribution in [0.5, 0.6) is 5.75 Å². The summed E-state index contributed by atoms with van der Waals surface area (Å²) in [6, 6.07) is 14.4. The molecule has 0 unspecified atom stereocenters. The van der Waals surface area contributed by atoms with Crippen LogP contribution in [0.3, 0.4) is 0 Å². The smallest absolute Gasteiger partial charge is 0.439 e. The molecule has 2 heterocycles. The number of para-hydroxylation sites is 1. The normalized spacial score (nSPS) is 12.7. The maximum Gasteiger partial charge on any atom is 0.439 e. The zero-order valence-corrected chi connectivity index (χ0v) is 13.0. The van der Waals surface area contributed by atoms with Crippen LogP contribution < -0.4 is 15.8 Å². The second kappa shape index (κ2) is 6.12. The van der Waals surface area contributed by atoms with E-state index in [1.165, 1.54) is 0 Å². The summed E-state index contributed by atoms with van der Waals surface area (Å²) in [5, 5.41) is 6.44. The quantitative estimate of drug-likeness (QED) is 0.766. The number of benzene rings is 2. The molecule has 1 aliphatic rings. The summed E-state index contributed by atoms with van der Waals surface area (Å²) < 4.78 is 10.1. The third-order valence-corrected chi connectivity index (χ3v) is 3.78. The molecule has 2 aromatic carbocycles. The average molecular weight is 335 g/mol. The molecule has 7 heteroatoms. The maximum atomic E-state index is 12.4. The summed E-state index contributed by atoms with van der Waals surface area (Å²) in [7, 11) is 0. The van der Waals surface area contributed by atoms with Crippen LogP contribution in [-0.2, 0) is 4.79 Å². The number of rotatable bonds is 3. The highest BCUT2D eigenvalue weighted by molar-refractivity contribution is 6.07. The number of anilines is 1. The Kier molecular flexibility index (Phi) is 3.66. The number of H-pyrrole nitrogens is 1. The molecule has 0 spiro atoms. The number of aromatic amines is 1. The van der Waals surface area contributed by atoms with E-state index in [9.17, 15) is 9.59 Å². The van der Waals surface area contributed by atoms with Crippen molar-refractivity contribution in [2.24, 2.45) is 0 Å². The molecular weight excluding hydrogens is 322 g/mol. The highest BCUT2D eigenvalue weighted by atomic mass is 16.5. The Bertz CT molecular complexity index is 1020. The Morgan fingerprint density at radius 1 is 1.12 bits per heavy atom. The van der Waals surface area contributed by atoms with Crippen molar-refractivity contribution in [3.63, 3.8) is 0 Å². The second-order valence-electron chi connectivity index (χ2n) is 5.47. The lowest BCUT2D eigenvalue weighted by molar-refractivity contribution is -0.113. The lowest BCUT2D eigenvalue weighted by Crippen LogP contribution is -2.21. The first-order valence-corrected chi connectivity index (χ1v) is 7.59. The van der Waals surface area contributed by atoms with Gasteiger partial charge in [0.05, 0.1) is 5.57 Å². The van der Waals surface area contributed by atoms with Crippen molar-refractivity contribution in [2.45, 2.75) is 0 Å². The van der Waals surface area contributed by atoms with Crippen LogP contribution in [0.15, 0.2) is 63.4 Å². The summed E-state index contributed by atoms with van der Waals surface area (Å²) >= 11 is 0. The van der Waals surface area contributed by atoms with Crippen molar-refractivity contribution < 1.29 is 14.1 Å². The van der Waals surface area contributed by atoms with Gasteiger partial charge in [-0.3, -0.25) is 14.3 Å². The molecule has 124 valence electrons. The van der Waals surface area contributed by atoms with Crippen LogP contribution in [-0.4, -0.2) is 22.7 Å². The Labute approximate surface area is 141 Å². The molecule has 3 aromatic rings. The largest absolute Gasteiger partial charge is 0.488 e. The van der Waals surface area contributed by atoms with Gasteiger partial charge in [0.2, 0.25) is 0 Å². The predicted octanol–water partition coefficient (Wildman–Crippen LogP) is 2.44. The second-order valence-corrected chi connectivity index (χ2v) is 5.47. The van der Waals surface area contributed by atoms with Gasteiger partial charge in [0.1, 0.15) is 12.4 Å². The Morgan fingerprint density at radius 2 is 1.92 bits per heavy atom. The lowest BCUT2D eigenvalue weighted by Gasteiger charge is -2.17. The van der Waals surface area contributed by atoms with E-state index in [1.807, 2.05) is 30.3 Å². The summed E-state index contributed by atoms with van der Waals surface area (Å²) in [6.07, 6.45) is 1.82. The Balaban J connectivity index is 1.50. The van der Waals surface area contributed by atoms with Gasteiger partial charge >= 0.3 is 5.76 Å². The zero-order valence-electron chi connectivity index (χ0n) is 13.0. The fraction of sp³-hybridized carbons (Fsp3) is 0.0556. The van der Waals surface area contributed by atoms with E-state index in [4.69, 9.17) is 4.74 Å². The number of carbonyl (C=O) groups excluding carboxylic acids is 1. The number of aromatic nitrogens is 2. The predicted molar refractivity (Wildman–Crippen MR) is 91.1 cm³/mol. The Hall–Kier alpha value is -3.61. The number of hydrogen-bond acceptors (Lipinski definition) is 5. The summed E-state index contributed by atoms with van der Waals surface area (Å²) in [6.45, 7) is 0.223. The minimum absolute atomic E-state index is 0.223. The molecule has 0 fully saturated rings. The zero-order chi connectivity index (χ0) is 17.2. The van der Waals surface area contributed by atoms with Gasteiger partial charge < -0.3 is 10.1 Å². The van der Waals surface area contributed by atoms with Crippen LogP contribution in [0.2, 0.25) is 0 Å². The monoisotopic (exact) mass is 335 g/mol. The van der Waals surface area contributed by atoms with E-state index in [1.54, 1.807) is 24.3 Å². The van der Waals surface area contributed by atoms with E-state index < -0.39 is 5.76 Å². The standard InChI is InChI=1S/C18H13N3O4/c22-17(13-9-12-3-1-2-4-15(12)24-10-13)19-14-7-5-11(6-8-14)16-20-18(23)25-21-16/h1-9H,10H2,(H,19,22)(H,20,21,23). The SMILES string of the molecule is O=C(Nc1ccc(-c2noc(=O)[nH]2)cc1)C1=Cc2ccccc2OC1. The molecule has 0 saturated carbocycles. The van der Waals surface area contributed by atoms with Gasteiger partial charge in [-0.2, -0.15) is 0 Å². The molecule has 25 heavy (non-hydrogen) atoms. The number of nitrogens with zero attached hydrogens (tertiary/aromatic N) is 1. The molecule has 0 bridgehead atoms. The first-order valence-electron chi connectivity index (χ1n) is 7.59. The van der Waals surface area contributed by atoms with Crippen LogP contribution in [0, 0.1) is 0 Å². The van der Waals surface area contributed by atoms with Gasteiger partial charge in [-0.15, -0.1) is 0 Å². The van der Waals surface area contributed by atoms with Crippen LogP contribution >= 0.6 is 0 Å². The van der Waals surface area contributed by atoms with Crippen LogP contribution in [0.25, 0.3) is 17.5 Å². The van der Waals surface area contributed by atoms with E-state index in [0.717, 1.165) is 11.3 Å². The highest BCUT2D eigenvalue weighted by Gasteiger charge is 2.17. The van der Waals surface area contributed by atoms with Crippen LogP contribution in [0.1, 0.15) is 5.56 Å². The van der Waals surface area contributed by atoms with Gasteiger partial charge in [0.25, 0.3) is 5.91 Å². The number of carbonyl (C=O) groups is 1. The van der Waals surface area contributed by atoms with Crippen molar-refractivity contribution in [2.75, 3.05) is 11.9 Å². The van der Waals surface area contributed by atoms with E-state index >= 15 is 0 Å². The van der Waals surface area contributed by atoms with E-state index in [0.29, 0.717) is 22.6 Å². The molecule has 0 aliphatic carbocycles. The third kappa shape index (κ3) is 3.07. The molecule has 1 aliphatic heterocycles. The molecule has 7 nitrogen and oxygen atoms in total. The number of amides is 1. The highest BCUT2D eigenvalue weighted by Crippen LogP contribution is 2.26. The lowest BCUT2D eigenvalue weighted by atomic mass is 10.1. The third-order valence-electron chi connectivity index (χ3n) is 3.78. The maximum absolute atomic E-state index is 12.4. The van der Waals surface area contributed by atoms with Crippen molar-refractivity contribution in [1.82, 2.24) is 10.1 Å².